The molecule has 0 atom stereocenters. The minimum absolute atomic E-state index is 0.185. The molecule has 0 radical (unpaired) electrons. The molecule has 0 amide bonds. The van der Waals surface area contributed by atoms with Crippen molar-refractivity contribution in [1.82, 2.24) is 0 Å². The number of cyclic esters (lactones) is 1. The van der Waals surface area contributed by atoms with Gasteiger partial charge in [-0.25, -0.2) is 9.79 Å². The number of rotatable bonds is 1. The summed E-state index contributed by atoms with van der Waals surface area (Å²) in [5, 5.41) is 0. The molecule has 2 heterocycles. The second kappa shape index (κ2) is 3.62. The number of nitrogens with zero attached hydrogens (tertiary/aromatic N) is 1. The molecule has 17 heavy (non-hydrogen) atoms. The first-order valence-corrected chi connectivity index (χ1v) is 5.11. The number of aliphatic imine (C=N–C) groups is 1. The van der Waals surface area contributed by atoms with Gasteiger partial charge in [0, 0.05) is 18.6 Å². The summed E-state index contributed by atoms with van der Waals surface area (Å²) in [5.41, 5.74) is 1.06. The zero-order valence-electron chi connectivity index (χ0n) is 9.10. The first-order valence-electron chi connectivity index (χ1n) is 5.11. The highest BCUT2D eigenvalue weighted by Crippen LogP contribution is 2.30. The van der Waals surface area contributed by atoms with E-state index < -0.39 is 5.97 Å². The second-order valence-corrected chi connectivity index (χ2v) is 3.66. The molecule has 2 aliphatic rings. The van der Waals surface area contributed by atoms with Crippen LogP contribution in [0.3, 0.4) is 0 Å². The van der Waals surface area contributed by atoms with Gasteiger partial charge in [0.15, 0.2) is 11.6 Å². The van der Waals surface area contributed by atoms with E-state index in [1.54, 1.807) is 19.1 Å². The van der Waals surface area contributed by atoms with Crippen molar-refractivity contribution < 1.29 is 19.0 Å². The van der Waals surface area contributed by atoms with E-state index in [1.807, 2.05) is 12.1 Å². The van der Waals surface area contributed by atoms with E-state index >= 15 is 0 Å². The van der Waals surface area contributed by atoms with E-state index in [-0.39, 0.29) is 12.5 Å². The number of hydrogen-bond acceptors (Lipinski definition) is 5. The minimum atomic E-state index is -0.439. The summed E-state index contributed by atoms with van der Waals surface area (Å²) in [6.45, 7) is 1.82. The van der Waals surface area contributed by atoms with Gasteiger partial charge in [0.25, 0.3) is 0 Å². The van der Waals surface area contributed by atoms with Gasteiger partial charge in [0.1, 0.15) is 11.5 Å². The summed E-state index contributed by atoms with van der Waals surface area (Å²) >= 11 is 0. The van der Waals surface area contributed by atoms with Gasteiger partial charge in [-0.05, 0) is 18.2 Å². The van der Waals surface area contributed by atoms with Crippen molar-refractivity contribution in [1.29, 1.82) is 0 Å². The van der Waals surface area contributed by atoms with Crippen LogP contribution in [0, 0.1) is 0 Å². The molecule has 5 nitrogen and oxygen atoms in total. The van der Waals surface area contributed by atoms with Gasteiger partial charge in [-0.1, -0.05) is 0 Å². The Balaban J connectivity index is 2.01. The molecule has 0 saturated carbocycles. The first-order chi connectivity index (χ1) is 8.22. The maximum absolute atomic E-state index is 11.4. The lowest BCUT2D eigenvalue weighted by Crippen LogP contribution is -2.11. The van der Waals surface area contributed by atoms with Crippen molar-refractivity contribution in [3.05, 3.63) is 29.5 Å². The molecule has 0 aromatic heterocycles. The van der Waals surface area contributed by atoms with Crippen molar-refractivity contribution >= 4 is 17.9 Å². The largest absolute Gasteiger partial charge is 0.457 e. The fraction of sp³-hybridized carbons (Fsp3) is 0.167. The Morgan fingerprint density at radius 1 is 1.35 bits per heavy atom. The van der Waals surface area contributed by atoms with Crippen LogP contribution in [-0.2, 0) is 9.53 Å². The summed E-state index contributed by atoms with van der Waals surface area (Å²) in [6.07, 6.45) is 1.64. The molecule has 0 saturated heterocycles. The number of esters is 1. The van der Waals surface area contributed by atoms with E-state index in [2.05, 4.69) is 4.99 Å². The quantitative estimate of drug-likeness (QED) is 0.545. The predicted molar refractivity (Wildman–Crippen MR) is 59.7 cm³/mol. The molecular weight excluding hydrogens is 222 g/mol. The lowest BCUT2D eigenvalue weighted by Gasteiger charge is -2.17. The van der Waals surface area contributed by atoms with Gasteiger partial charge in [-0.3, -0.25) is 0 Å². The van der Waals surface area contributed by atoms with Crippen molar-refractivity contribution in [2.24, 2.45) is 4.99 Å². The average Bonchev–Trinajstić information content (AvgIpc) is 2.62. The Morgan fingerprint density at radius 2 is 2.24 bits per heavy atom. The van der Waals surface area contributed by atoms with Crippen molar-refractivity contribution in [2.45, 2.75) is 6.92 Å². The molecule has 3 rings (SSSR count). The maximum atomic E-state index is 11.4. The third kappa shape index (κ3) is 1.75. The Hall–Kier alpha value is -2.30. The monoisotopic (exact) mass is 231 g/mol. The second-order valence-electron chi connectivity index (χ2n) is 3.66. The highest BCUT2D eigenvalue weighted by atomic mass is 16.7. The maximum Gasteiger partial charge on any atom is 0.363 e. The highest BCUT2D eigenvalue weighted by molar-refractivity contribution is 6.06. The van der Waals surface area contributed by atoms with Crippen LogP contribution in [0.1, 0.15) is 12.5 Å². The van der Waals surface area contributed by atoms with E-state index in [9.17, 15) is 4.79 Å². The Bertz CT molecular complexity index is 560. The zero-order valence-corrected chi connectivity index (χ0v) is 9.10. The normalized spacial score (nSPS) is 19.5. The molecule has 0 N–H and O–H groups in total. The lowest BCUT2D eigenvalue weighted by molar-refractivity contribution is -0.130. The van der Waals surface area contributed by atoms with Crippen LogP contribution in [-0.4, -0.2) is 18.7 Å². The van der Waals surface area contributed by atoms with Gasteiger partial charge in [-0.15, -0.1) is 0 Å². The Labute approximate surface area is 97.3 Å². The van der Waals surface area contributed by atoms with Crippen molar-refractivity contribution in [2.75, 3.05) is 6.79 Å². The highest BCUT2D eigenvalue weighted by Gasteiger charge is 2.20. The van der Waals surface area contributed by atoms with Crippen molar-refractivity contribution in [3.63, 3.8) is 0 Å². The Kier molecular flexibility index (Phi) is 2.11. The van der Waals surface area contributed by atoms with Crippen LogP contribution in [0.5, 0.6) is 11.5 Å². The molecule has 0 aliphatic carbocycles. The average molecular weight is 231 g/mol. The summed E-state index contributed by atoms with van der Waals surface area (Å²) in [5.74, 6) is 1.34. The summed E-state index contributed by atoms with van der Waals surface area (Å²) in [7, 11) is 0. The van der Waals surface area contributed by atoms with Crippen LogP contribution < -0.4 is 9.47 Å². The third-order valence-corrected chi connectivity index (χ3v) is 2.44. The number of carbonyl (C=O) groups is 1. The van der Waals surface area contributed by atoms with Gasteiger partial charge < -0.3 is 14.2 Å². The molecule has 1 aromatic rings. The fourth-order valence-electron chi connectivity index (χ4n) is 1.67. The summed E-state index contributed by atoms with van der Waals surface area (Å²) in [6, 6.07) is 5.40. The number of hydrogen-bond donors (Lipinski definition) is 0. The SMILES string of the molecule is CC1=N/C(=C\c2ccc3cc2OCO3)C(=O)O1. The minimum Gasteiger partial charge on any atom is -0.457 e. The third-order valence-electron chi connectivity index (χ3n) is 2.44. The number of benzene rings is 1. The molecular formula is C12H9NO4. The van der Waals surface area contributed by atoms with Gasteiger partial charge in [-0.2, -0.15) is 0 Å². The number of ether oxygens (including phenoxy) is 3. The first kappa shape index (κ1) is 9.89. The van der Waals surface area contributed by atoms with E-state index in [4.69, 9.17) is 14.2 Å². The van der Waals surface area contributed by atoms with Crippen LogP contribution in [0.15, 0.2) is 28.9 Å². The topological polar surface area (TPSA) is 57.1 Å². The molecule has 0 unspecified atom stereocenters. The predicted octanol–water partition coefficient (Wildman–Crippen LogP) is 1.73. The molecule has 0 spiro atoms. The van der Waals surface area contributed by atoms with Gasteiger partial charge >= 0.3 is 5.97 Å². The molecule has 0 fully saturated rings. The van der Waals surface area contributed by atoms with Gasteiger partial charge in [0.2, 0.25) is 6.79 Å². The van der Waals surface area contributed by atoms with Crippen LogP contribution in [0.2, 0.25) is 0 Å². The van der Waals surface area contributed by atoms with Gasteiger partial charge in [0.05, 0.1) is 0 Å². The zero-order chi connectivity index (χ0) is 11.8. The fourth-order valence-corrected chi connectivity index (χ4v) is 1.67. The number of fused-ring (bicyclic) bond motifs is 2. The molecule has 86 valence electrons. The van der Waals surface area contributed by atoms with Crippen LogP contribution in [0.4, 0.5) is 0 Å². The smallest absolute Gasteiger partial charge is 0.363 e. The molecule has 2 aliphatic heterocycles. The lowest BCUT2D eigenvalue weighted by atomic mass is 10.1. The van der Waals surface area contributed by atoms with Crippen molar-refractivity contribution in [3.8, 4) is 11.5 Å². The van der Waals surface area contributed by atoms with Crippen LogP contribution in [0.25, 0.3) is 6.08 Å². The standard InChI is InChI=1S/C12H9NO4/c1-7-13-10(12(14)17-7)4-8-2-3-9-5-11(8)16-6-15-9/h2-5H,6H2,1H3/b10-4-. The Morgan fingerprint density at radius 3 is 3.00 bits per heavy atom. The number of carbonyl (C=O) groups excluding carboxylic acids is 1. The molecule has 2 bridgehead atoms. The van der Waals surface area contributed by atoms with E-state index in [0.29, 0.717) is 11.6 Å². The van der Waals surface area contributed by atoms with Crippen LogP contribution >= 0.6 is 0 Å². The molecule has 1 aromatic carbocycles. The summed E-state index contributed by atoms with van der Waals surface area (Å²) in [4.78, 5) is 15.4. The van der Waals surface area contributed by atoms with E-state index in [0.717, 1.165) is 11.3 Å². The van der Waals surface area contributed by atoms with E-state index in [1.165, 1.54) is 0 Å². The summed E-state index contributed by atoms with van der Waals surface area (Å²) < 4.78 is 15.3. The molecule has 5 heteroatoms.